The quantitative estimate of drug-likeness (QED) is 0.630. The molecule has 0 aromatic heterocycles. The Labute approximate surface area is 171 Å². The lowest BCUT2D eigenvalue weighted by atomic mass is 10.0. The summed E-state index contributed by atoms with van der Waals surface area (Å²) in [7, 11) is 0. The van der Waals surface area contributed by atoms with Gasteiger partial charge in [0, 0.05) is 30.6 Å². The Hall–Kier alpha value is -2.37. The van der Waals surface area contributed by atoms with E-state index >= 15 is 0 Å². The topological polar surface area (TPSA) is 69.6 Å². The largest absolute Gasteiger partial charge is 0.396 e. The lowest BCUT2D eigenvalue weighted by Gasteiger charge is -2.33. The van der Waals surface area contributed by atoms with Gasteiger partial charge in [-0.1, -0.05) is 67.9 Å². The van der Waals surface area contributed by atoms with Gasteiger partial charge in [0.15, 0.2) is 0 Å². The van der Waals surface area contributed by atoms with Gasteiger partial charge in [-0.3, -0.25) is 9.59 Å². The van der Waals surface area contributed by atoms with Crippen molar-refractivity contribution in [2.24, 2.45) is 5.92 Å². The molecule has 6 heteroatoms. The van der Waals surface area contributed by atoms with Crippen LogP contribution in [0.2, 0.25) is 5.02 Å². The number of hydrogen-bond donors (Lipinski definition) is 2. The number of nitrogens with one attached hydrogen (secondary N) is 1. The lowest BCUT2D eigenvalue weighted by Crippen LogP contribution is -2.45. The van der Waals surface area contributed by atoms with Crippen LogP contribution in [0, 0.1) is 5.92 Å². The second kappa shape index (κ2) is 10.8. The van der Waals surface area contributed by atoms with Gasteiger partial charge in [0.2, 0.25) is 11.8 Å². The molecule has 0 saturated carbocycles. The Morgan fingerprint density at radius 1 is 1.07 bits per heavy atom. The summed E-state index contributed by atoms with van der Waals surface area (Å²) in [4.78, 5) is 27.7. The molecule has 0 fully saturated rings. The first-order valence-electron chi connectivity index (χ1n) is 9.42. The fourth-order valence-corrected chi connectivity index (χ4v) is 3.04. The highest BCUT2D eigenvalue weighted by atomic mass is 35.5. The van der Waals surface area contributed by atoms with Gasteiger partial charge < -0.3 is 15.3 Å². The highest BCUT2D eigenvalue weighted by Crippen LogP contribution is 2.26. The van der Waals surface area contributed by atoms with Crippen LogP contribution in [0.25, 0.3) is 0 Å². The van der Waals surface area contributed by atoms with Crippen LogP contribution in [0.15, 0.2) is 54.6 Å². The predicted molar refractivity (Wildman–Crippen MR) is 111 cm³/mol. The van der Waals surface area contributed by atoms with Crippen molar-refractivity contribution in [1.82, 2.24) is 10.2 Å². The molecule has 0 aliphatic heterocycles. The van der Waals surface area contributed by atoms with Gasteiger partial charge >= 0.3 is 0 Å². The number of benzene rings is 2. The van der Waals surface area contributed by atoms with Gasteiger partial charge in [0.1, 0.15) is 6.04 Å². The average Bonchev–Trinajstić information content (AvgIpc) is 2.69. The molecule has 0 saturated heterocycles. The summed E-state index contributed by atoms with van der Waals surface area (Å²) in [6, 6.07) is 15.8. The Kier molecular flexibility index (Phi) is 8.48. The van der Waals surface area contributed by atoms with E-state index < -0.39 is 6.04 Å². The maximum absolute atomic E-state index is 13.0. The van der Waals surface area contributed by atoms with Crippen LogP contribution < -0.4 is 5.32 Å². The summed E-state index contributed by atoms with van der Waals surface area (Å²) in [6.07, 6.45) is 0.461. The van der Waals surface area contributed by atoms with Crippen molar-refractivity contribution in [3.05, 3.63) is 70.7 Å². The van der Waals surface area contributed by atoms with E-state index in [9.17, 15) is 9.59 Å². The first kappa shape index (κ1) is 21.9. The zero-order chi connectivity index (χ0) is 20.5. The third-order valence-corrected chi connectivity index (χ3v) is 4.60. The Morgan fingerprint density at radius 2 is 1.71 bits per heavy atom. The lowest BCUT2D eigenvalue weighted by molar-refractivity contribution is -0.144. The first-order chi connectivity index (χ1) is 13.4. The minimum absolute atomic E-state index is 0.00427. The van der Waals surface area contributed by atoms with E-state index in [0.717, 1.165) is 11.1 Å². The van der Waals surface area contributed by atoms with Crippen molar-refractivity contribution in [3.8, 4) is 0 Å². The van der Waals surface area contributed by atoms with Crippen molar-refractivity contribution in [3.63, 3.8) is 0 Å². The van der Waals surface area contributed by atoms with Crippen LogP contribution in [-0.4, -0.2) is 35.0 Å². The fourth-order valence-electron chi connectivity index (χ4n) is 2.91. The molecule has 0 spiro atoms. The minimum atomic E-state index is -0.759. The number of carbonyl (C=O) groups excluding carboxylic acids is 2. The fraction of sp³-hybridized carbons (Fsp3) is 0.364. The highest BCUT2D eigenvalue weighted by Gasteiger charge is 2.32. The zero-order valence-electron chi connectivity index (χ0n) is 16.3. The van der Waals surface area contributed by atoms with Gasteiger partial charge in [-0.15, -0.1) is 0 Å². The molecular formula is C22H27ClN2O3. The van der Waals surface area contributed by atoms with Crippen LogP contribution in [0.4, 0.5) is 0 Å². The van der Waals surface area contributed by atoms with Crippen LogP contribution in [0.3, 0.4) is 0 Å². The normalized spacial score (nSPS) is 11.9. The number of carbonyl (C=O) groups is 2. The second-order valence-corrected chi connectivity index (χ2v) is 7.37. The maximum Gasteiger partial charge on any atom is 0.247 e. The van der Waals surface area contributed by atoms with Gasteiger partial charge in [0.05, 0.1) is 0 Å². The summed E-state index contributed by atoms with van der Waals surface area (Å²) in [5.74, 6) is -0.632. The number of aliphatic hydroxyl groups excluding tert-OH is 1. The highest BCUT2D eigenvalue weighted by molar-refractivity contribution is 6.30. The molecule has 0 aliphatic carbocycles. The molecule has 0 heterocycles. The molecule has 5 nitrogen and oxygen atoms in total. The number of rotatable bonds is 9. The van der Waals surface area contributed by atoms with Crippen molar-refractivity contribution in [2.75, 3.05) is 13.2 Å². The average molecular weight is 403 g/mol. The molecule has 0 aliphatic rings. The number of amides is 2. The molecule has 2 N–H and O–H groups in total. The van der Waals surface area contributed by atoms with Crippen molar-refractivity contribution in [2.45, 2.75) is 32.9 Å². The van der Waals surface area contributed by atoms with E-state index in [-0.39, 0.29) is 24.3 Å². The molecule has 2 rings (SSSR count). The molecule has 2 amide bonds. The summed E-state index contributed by atoms with van der Waals surface area (Å²) in [6.45, 7) is 4.28. The summed E-state index contributed by atoms with van der Waals surface area (Å²) in [5, 5.41) is 12.5. The number of aliphatic hydroxyl groups is 1. The maximum atomic E-state index is 13.0. The van der Waals surface area contributed by atoms with Crippen LogP contribution in [-0.2, 0) is 16.1 Å². The number of nitrogens with zero attached hydrogens (tertiary/aromatic N) is 1. The van der Waals surface area contributed by atoms with E-state index in [1.807, 2.05) is 56.3 Å². The summed E-state index contributed by atoms with van der Waals surface area (Å²) >= 11 is 5.98. The van der Waals surface area contributed by atoms with E-state index in [1.165, 1.54) is 0 Å². The molecule has 1 atom stereocenters. The second-order valence-electron chi connectivity index (χ2n) is 6.93. The summed E-state index contributed by atoms with van der Waals surface area (Å²) in [5.41, 5.74) is 1.63. The Morgan fingerprint density at radius 3 is 2.29 bits per heavy atom. The van der Waals surface area contributed by atoms with Gasteiger partial charge in [0.25, 0.3) is 0 Å². The molecule has 2 aromatic rings. The van der Waals surface area contributed by atoms with Gasteiger partial charge in [-0.05, 0) is 29.7 Å². The van der Waals surface area contributed by atoms with E-state index in [2.05, 4.69) is 5.32 Å². The van der Waals surface area contributed by atoms with Crippen LogP contribution in [0.1, 0.15) is 37.4 Å². The molecule has 28 heavy (non-hydrogen) atoms. The Bertz CT molecular complexity index is 763. The first-order valence-corrected chi connectivity index (χ1v) is 9.80. The van der Waals surface area contributed by atoms with Crippen molar-refractivity contribution < 1.29 is 14.7 Å². The number of halogens is 1. The molecule has 2 aromatic carbocycles. The minimum Gasteiger partial charge on any atom is -0.396 e. The van der Waals surface area contributed by atoms with E-state index in [1.54, 1.807) is 17.0 Å². The van der Waals surface area contributed by atoms with Gasteiger partial charge in [-0.2, -0.15) is 0 Å². The van der Waals surface area contributed by atoms with Crippen molar-refractivity contribution in [1.29, 1.82) is 0 Å². The SMILES string of the molecule is CC(C)C(=O)N(Cc1ccc(Cl)cc1)[C@H](C(=O)NCCCO)c1ccccc1. The smallest absolute Gasteiger partial charge is 0.247 e. The third-order valence-electron chi connectivity index (χ3n) is 4.35. The monoisotopic (exact) mass is 402 g/mol. The van der Waals surface area contributed by atoms with Crippen molar-refractivity contribution >= 4 is 23.4 Å². The number of hydrogen-bond acceptors (Lipinski definition) is 3. The Balaban J connectivity index is 2.39. The third kappa shape index (κ3) is 6.08. The van der Waals surface area contributed by atoms with E-state index in [0.29, 0.717) is 24.5 Å². The molecule has 0 unspecified atom stereocenters. The molecule has 150 valence electrons. The van der Waals surface area contributed by atoms with Gasteiger partial charge in [-0.25, -0.2) is 0 Å². The van der Waals surface area contributed by atoms with Crippen LogP contribution >= 0.6 is 11.6 Å². The molecular weight excluding hydrogens is 376 g/mol. The molecule has 0 radical (unpaired) electrons. The zero-order valence-corrected chi connectivity index (χ0v) is 17.0. The molecule has 0 bridgehead atoms. The standard InChI is InChI=1S/C22H27ClN2O3/c1-16(2)22(28)25(15-17-9-11-19(23)12-10-17)20(18-7-4-3-5-8-18)21(27)24-13-6-14-26/h3-5,7-12,16,20,26H,6,13-15H2,1-2H3,(H,24,27)/t20-/m0/s1. The predicted octanol–water partition coefficient (Wildman–Crippen LogP) is 3.56. The summed E-state index contributed by atoms with van der Waals surface area (Å²) < 4.78 is 0. The van der Waals surface area contributed by atoms with E-state index in [4.69, 9.17) is 16.7 Å². The van der Waals surface area contributed by atoms with Crippen LogP contribution in [0.5, 0.6) is 0 Å².